The average Bonchev–Trinajstić information content (AvgIpc) is 3.02. The molecule has 1 heterocycles. The molecule has 3 aromatic carbocycles. The SMILES string of the molecule is Cc1ccc([C@H]2[C@@H]3C(=O)C[C@@H](c4cccc(Br)c4)CC3=Nc3ccccc3N2C(=O)CCC(=O)[O-])cc1. The summed E-state index contributed by atoms with van der Waals surface area (Å²) in [5.41, 5.74) is 4.86. The van der Waals surface area contributed by atoms with Gasteiger partial charge in [-0.05, 0) is 61.1 Å². The number of para-hydroxylation sites is 2. The number of hydrogen-bond donors (Lipinski definition) is 0. The predicted molar refractivity (Wildman–Crippen MR) is 144 cm³/mol. The molecule has 0 saturated heterocycles. The molecule has 1 aliphatic carbocycles. The smallest absolute Gasteiger partial charge is 0.228 e. The first-order valence-electron chi connectivity index (χ1n) is 12.3. The highest BCUT2D eigenvalue weighted by atomic mass is 79.9. The number of Topliss-reactive ketones (excluding diaryl/α,β-unsaturated/α-hetero) is 1. The van der Waals surface area contributed by atoms with Gasteiger partial charge in [0.15, 0.2) is 0 Å². The highest BCUT2D eigenvalue weighted by Gasteiger charge is 2.46. The first-order chi connectivity index (χ1) is 17.8. The zero-order chi connectivity index (χ0) is 26.1. The number of carboxylic acid groups (broad SMARTS) is 1. The molecule has 1 fully saturated rings. The zero-order valence-corrected chi connectivity index (χ0v) is 22.0. The Bertz CT molecular complexity index is 1400. The number of benzene rings is 3. The molecule has 5 rings (SSSR count). The Morgan fingerprint density at radius 3 is 2.46 bits per heavy atom. The fourth-order valence-electron chi connectivity index (χ4n) is 5.42. The van der Waals surface area contributed by atoms with Gasteiger partial charge in [0.25, 0.3) is 0 Å². The number of ketones is 1. The molecular formula is C30H26BrN2O4-. The van der Waals surface area contributed by atoms with E-state index in [0.717, 1.165) is 26.9 Å². The van der Waals surface area contributed by atoms with Gasteiger partial charge in [-0.25, -0.2) is 0 Å². The lowest BCUT2D eigenvalue weighted by atomic mass is 9.72. The molecule has 0 radical (unpaired) electrons. The van der Waals surface area contributed by atoms with E-state index in [2.05, 4.69) is 15.9 Å². The van der Waals surface area contributed by atoms with Gasteiger partial charge in [0.2, 0.25) is 5.91 Å². The van der Waals surface area contributed by atoms with Crippen LogP contribution in [0.1, 0.15) is 54.3 Å². The third-order valence-electron chi connectivity index (χ3n) is 7.16. The molecule has 0 spiro atoms. The van der Waals surface area contributed by atoms with Crippen molar-refractivity contribution in [3.05, 3.63) is 94.0 Å². The number of aliphatic imine (C=N–C) groups is 1. The van der Waals surface area contributed by atoms with Crippen LogP contribution in [-0.2, 0) is 14.4 Å². The van der Waals surface area contributed by atoms with E-state index in [-0.39, 0.29) is 24.0 Å². The zero-order valence-electron chi connectivity index (χ0n) is 20.4. The number of fused-ring (bicyclic) bond motifs is 2. The number of carboxylic acids is 1. The predicted octanol–water partition coefficient (Wildman–Crippen LogP) is 5.21. The Kier molecular flexibility index (Phi) is 7.07. The number of amides is 1. The molecule has 6 nitrogen and oxygen atoms in total. The molecule has 0 bridgehead atoms. The molecule has 2 aliphatic rings. The van der Waals surface area contributed by atoms with E-state index in [1.165, 1.54) is 0 Å². The second kappa shape index (κ2) is 10.4. The minimum Gasteiger partial charge on any atom is -0.550 e. The molecular weight excluding hydrogens is 532 g/mol. The fraction of sp³-hybridized carbons (Fsp3) is 0.267. The van der Waals surface area contributed by atoms with Gasteiger partial charge in [0.05, 0.1) is 23.3 Å². The molecule has 7 heteroatoms. The van der Waals surface area contributed by atoms with Gasteiger partial charge in [-0.1, -0.05) is 70.0 Å². The number of rotatable bonds is 5. The normalized spacial score (nSPS) is 20.9. The summed E-state index contributed by atoms with van der Waals surface area (Å²) in [7, 11) is 0. The lowest BCUT2D eigenvalue weighted by Gasteiger charge is -2.39. The summed E-state index contributed by atoms with van der Waals surface area (Å²) in [5.74, 6) is -2.30. The van der Waals surface area contributed by atoms with Crippen molar-refractivity contribution >= 4 is 50.7 Å². The molecule has 1 amide bonds. The number of aryl methyl sites for hydroxylation is 1. The van der Waals surface area contributed by atoms with E-state index in [0.29, 0.717) is 24.2 Å². The third kappa shape index (κ3) is 5.14. The Morgan fingerprint density at radius 2 is 1.73 bits per heavy atom. The number of carbonyl (C=O) groups is 3. The Morgan fingerprint density at radius 1 is 0.973 bits per heavy atom. The van der Waals surface area contributed by atoms with Crippen molar-refractivity contribution in [1.82, 2.24) is 0 Å². The van der Waals surface area contributed by atoms with E-state index >= 15 is 0 Å². The van der Waals surface area contributed by atoms with Crippen LogP contribution in [0.4, 0.5) is 11.4 Å². The highest BCUT2D eigenvalue weighted by molar-refractivity contribution is 9.10. The standard InChI is InChI=1S/C30H27BrN2O4/c1-18-9-11-19(12-10-18)30-29-24(16-21(17-26(29)34)20-5-4-6-22(31)15-20)32-23-7-2-3-8-25(23)33(30)27(35)13-14-28(36)37/h2-12,15,21,29-30H,13-14,16-17H2,1H3,(H,36,37)/p-1/t21-,29-,30-/m0/s1. The van der Waals surface area contributed by atoms with Crippen LogP contribution in [0, 0.1) is 12.8 Å². The van der Waals surface area contributed by atoms with E-state index < -0.39 is 24.3 Å². The third-order valence-corrected chi connectivity index (χ3v) is 7.65. The van der Waals surface area contributed by atoms with Crippen molar-refractivity contribution in [3.63, 3.8) is 0 Å². The fourth-order valence-corrected chi connectivity index (χ4v) is 5.83. The van der Waals surface area contributed by atoms with Crippen molar-refractivity contribution in [1.29, 1.82) is 0 Å². The maximum absolute atomic E-state index is 14.0. The Balaban J connectivity index is 1.65. The van der Waals surface area contributed by atoms with Gasteiger partial charge in [0, 0.05) is 29.0 Å². The number of halogens is 1. The molecule has 1 aliphatic heterocycles. The van der Waals surface area contributed by atoms with Crippen LogP contribution in [0.25, 0.3) is 0 Å². The largest absolute Gasteiger partial charge is 0.550 e. The van der Waals surface area contributed by atoms with Gasteiger partial charge >= 0.3 is 0 Å². The van der Waals surface area contributed by atoms with E-state index in [1.807, 2.05) is 79.7 Å². The highest BCUT2D eigenvalue weighted by Crippen LogP contribution is 2.47. The lowest BCUT2D eigenvalue weighted by molar-refractivity contribution is -0.305. The average molecular weight is 558 g/mol. The Labute approximate surface area is 224 Å². The summed E-state index contributed by atoms with van der Waals surface area (Å²) in [5, 5.41) is 11.2. The van der Waals surface area contributed by atoms with Crippen LogP contribution in [-0.4, -0.2) is 23.4 Å². The van der Waals surface area contributed by atoms with Crippen molar-refractivity contribution < 1.29 is 19.5 Å². The van der Waals surface area contributed by atoms with Crippen molar-refractivity contribution in [3.8, 4) is 0 Å². The summed E-state index contributed by atoms with van der Waals surface area (Å²) in [4.78, 5) is 45.4. The molecule has 0 N–H and O–H groups in total. The number of anilines is 1. The molecule has 3 atom stereocenters. The van der Waals surface area contributed by atoms with Crippen LogP contribution in [0.15, 0.2) is 82.3 Å². The monoisotopic (exact) mass is 557 g/mol. The molecule has 1 saturated carbocycles. The first-order valence-corrected chi connectivity index (χ1v) is 13.1. The summed E-state index contributed by atoms with van der Waals surface area (Å²) in [6, 6.07) is 22.5. The topological polar surface area (TPSA) is 89.9 Å². The van der Waals surface area contributed by atoms with Crippen molar-refractivity contribution in [2.24, 2.45) is 10.9 Å². The molecule has 188 valence electrons. The number of aliphatic carboxylic acids is 1. The van der Waals surface area contributed by atoms with Crippen LogP contribution >= 0.6 is 15.9 Å². The van der Waals surface area contributed by atoms with Gasteiger partial charge in [-0.3, -0.25) is 14.6 Å². The molecule has 3 aromatic rings. The van der Waals surface area contributed by atoms with E-state index in [1.54, 1.807) is 4.90 Å². The minimum atomic E-state index is -1.29. The van der Waals surface area contributed by atoms with Gasteiger partial charge in [-0.2, -0.15) is 0 Å². The summed E-state index contributed by atoms with van der Waals surface area (Å²) < 4.78 is 0.954. The Hall–Kier alpha value is -3.58. The maximum Gasteiger partial charge on any atom is 0.228 e. The second-order valence-corrected chi connectivity index (χ2v) is 10.6. The van der Waals surface area contributed by atoms with Crippen LogP contribution in [0.2, 0.25) is 0 Å². The maximum atomic E-state index is 14.0. The van der Waals surface area contributed by atoms with Crippen molar-refractivity contribution in [2.45, 2.75) is 44.6 Å². The number of nitrogens with zero attached hydrogens (tertiary/aromatic N) is 2. The summed E-state index contributed by atoms with van der Waals surface area (Å²) >= 11 is 3.54. The van der Waals surface area contributed by atoms with E-state index in [4.69, 9.17) is 4.99 Å². The summed E-state index contributed by atoms with van der Waals surface area (Å²) in [6.07, 6.45) is 0.301. The number of carbonyl (C=O) groups excluding carboxylic acids is 3. The van der Waals surface area contributed by atoms with Gasteiger partial charge in [0.1, 0.15) is 5.78 Å². The van der Waals surface area contributed by atoms with Gasteiger partial charge in [-0.15, -0.1) is 0 Å². The molecule has 0 unspecified atom stereocenters. The van der Waals surface area contributed by atoms with Crippen LogP contribution < -0.4 is 10.0 Å². The molecule has 37 heavy (non-hydrogen) atoms. The quantitative estimate of drug-likeness (QED) is 0.430. The second-order valence-electron chi connectivity index (χ2n) is 9.69. The van der Waals surface area contributed by atoms with Gasteiger partial charge < -0.3 is 14.8 Å². The van der Waals surface area contributed by atoms with Crippen LogP contribution in [0.5, 0.6) is 0 Å². The molecule has 0 aromatic heterocycles. The van der Waals surface area contributed by atoms with Crippen LogP contribution in [0.3, 0.4) is 0 Å². The number of hydrogen-bond acceptors (Lipinski definition) is 5. The summed E-state index contributed by atoms with van der Waals surface area (Å²) in [6.45, 7) is 1.98. The lowest BCUT2D eigenvalue weighted by Crippen LogP contribution is -2.45. The minimum absolute atomic E-state index is 0.0195. The van der Waals surface area contributed by atoms with E-state index in [9.17, 15) is 19.5 Å². The van der Waals surface area contributed by atoms with Crippen molar-refractivity contribution in [2.75, 3.05) is 4.90 Å². The first kappa shape index (κ1) is 25.1.